The summed E-state index contributed by atoms with van der Waals surface area (Å²) < 4.78 is 4.69. The molecule has 1 saturated heterocycles. The molecule has 2 rings (SSSR count). The number of esters is 1. The molecule has 3 amide bonds. The van der Waals surface area contributed by atoms with Crippen molar-refractivity contribution in [3.8, 4) is 0 Å². The van der Waals surface area contributed by atoms with Gasteiger partial charge in [-0.2, -0.15) is 12.6 Å². The highest BCUT2D eigenvalue weighted by Crippen LogP contribution is 2.22. The fourth-order valence-electron chi connectivity index (χ4n) is 3.09. The zero-order valence-corrected chi connectivity index (χ0v) is 17.3. The largest absolute Gasteiger partial charge is 0.465 e. The second kappa shape index (κ2) is 10.8. The van der Waals surface area contributed by atoms with Crippen LogP contribution in [0, 0.1) is 0 Å². The molecular weight excluding hydrogens is 396 g/mol. The Morgan fingerprint density at radius 2 is 1.93 bits per heavy atom. The molecule has 1 aromatic rings. The van der Waals surface area contributed by atoms with Gasteiger partial charge in [-0.3, -0.25) is 9.59 Å². The summed E-state index contributed by atoms with van der Waals surface area (Å²) in [4.78, 5) is 50.0. The van der Waals surface area contributed by atoms with E-state index in [0.717, 1.165) is 0 Å². The number of Topliss-reactive ketones (excluding diaryl/α,β-unsaturated/α-hetero) is 1. The molecular formula is C19H26N4O5S. The normalized spacial score (nSPS) is 18.2. The van der Waals surface area contributed by atoms with E-state index < -0.39 is 17.9 Å². The Kier molecular flexibility index (Phi) is 8.47. The summed E-state index contributed by atoms with van der Waals surface area (Å²) in [7, 11) is 1.26. The van der Waals surface area contributed by atoms with Gasteiger partial charge in [-0.25, -0.2) is 9.59 Å². The van der Waals surface area contributed by atoms with Gasteiger partial charge in [0.1, 0.15) is 0 Å². The first-order valence-electron chi connectivity index (χ1n) is 9.30. The van der Waals surface area contributed by atoms with Crippen molar-refractivity contribution in [1.82, 2.24) is 15.5 Å². The number of nitrogens with one attached hydrogen (secondary N) is 3. The van der Waals surface area contributed by atoms with Crippen molar-refractivity contribution in [2.75, 3.05) is 38.6 Å². The van der Waals surface area contributed by atoms with E-state index >= 15 is 0 Å². The molecule has 1 aliphatic heterocycles. The first-order valence-corrected chi connectivity index (χ1v) is 9.82. The fourth-order valence-corrected chi connectivity index (χ4v) is 3.46. The Morgan fingerprint density at radius 1 is 1.21 bits per heavy atom. The maximum atomic E-state index is 12.5. The molecule has 3 N–H and O–H groups in total. The van der Waals surface area contributed by atoms with Crippen LogP contribution in [0.2, 0.25) is 0 Å². The van der Waals surface area contributed by atoms with Crippen molar-refractivity contribution >= 4 is 42.0 Å². The van der Waals surface area contributed by atoms with E-state index in [1.807, 2.05) is 6.92 Å². The Balaban J connectivity index is 1.86. The van der Waals surface area contributed by atoms with Crippen LogP contribution in [0.25, 0.3) is 0 Å². The molecule has 1 aliphatic rings. The Bertz CT molecular complexity index is 773. The number of carbonyl (C=O) groups is 4. The van der Waals surface area contributed by atoms with E-state index in [-0.39, 0.29) is 35.7 Å². The number of nitrogens with zero attached hydrogens (tertiary/aromatic N) is 1. The summed E-state index contributed by atoms with van der Waals surface area (Å²) >= 11 is 4.39. The highest BCUT2D eigenvalue weighted by molar-refractivity contribution is 7.81. The van der Waals surface area contributed by atoms with Gasteiger partial charge in [0.15, 0.2) is 5.78 Å². The monoisotopic (exact) mass is 422 g/mol. The number of rotatable bonds is 8. The van der Waals surface area contributed by atoms with Gasteiger partial charge in [0.25, 0.3) is 0 Å². The number of ketones is 1. The first kappa shape index (κ1) is 22.7. The van der Waals surface area contributed by atoms with Gasteiger partial charge in [0.2, 0.25) is 5.91 Å². The minimum absolute atomic E-state index is 0.0624. The summed E-state index contributed by atoms with van der Waals surface area (Å²) in [5.74, 6) is -1.15. The molecule has 9 nitrogen and oxygen atoms in total. The number of hydrogen-bond donors (Lipinski definition) is 4. The van der Waals surface area contributed by atoms with Gasteiger partial charge in [-0.05, 0) is 25.5 Å². The van der Waals surface area contributed by atoms with Gasteiger partial charge in [0.05, 0.1) is 37.5 Å². The number of para-hydroxylation sites is 1. The van der Waals surface area contributed by atoms with Crippen LogP contribution in [0.5, 0.6) is 0 Å². The second-order valence-electron chi connectivity index (χ2n) is 6.55. The summed E-state index contributed by atoms with van der Waals surface area (Å²) in [5, 5.41) is 8.04. The third-order valence-electron chi connectivity index (χ3n) is 4.43. The van der Waals surface area contributed by atoms with Crippen molar-refractivity contribution in [2.24, 2.45) is 0 Å². The van der Waals surface area contributed by atoms with Crippen LogP contribution in [0.15, 0.2) is 24.3 Å². The molecule has 1 heterocycles. The lowest BCUT2D eigenvalue weighted by Gasteiger charge is -2.23. The smallest absolute Gasteiger partial charge is 0.339 e. The summed E-state index contributed by atoms with van der Waals surface area (Å²) in [6, 6.07) is 5.62. The number of anilines is 1. The predicted octanol–water partition coefficient (Wildman–Crippen LogP) is 0.673. The number of hydrogen-bond acceptors (Lipinski definition) is 7. The number of urea groups is 1. The Labute approximate surface area is 174 Å². The number of thiol groups is 1. The lowest BCUT2D eigenvalue weighted by atomic mass is 10.1. The topological polar surface area (TPSA) is 117 Å². The van der Waals surface area contributed by atoms with Gasteiger partial charge >= 0.3 is 12.0 Å². The number of likely N-dealkylation sites (tertiary alicyclic amines) is 1. The minimum Gasteiger partial charge on any atom is -0.465 e. The van der Waals surface area contributed by atoms with Crippen molar-refractivity contribution in [3.05, 3.63) is 29.8 Å². The molecule has 2 unspecified atom stereocenters. The van der Waals surface area contributed by atoms with Crippen LogP contribution in [0.4, 0.5) is 10.5 Å². The molecule has 2 atom stereocenters. The molecule has 0 spiro atoms. The predicted molar refractivity (Wildman–Crippen MR) is 111 cm³/mol. The summed E-state index contributed by atoms with van der Waals surface area (Å²) in [6.45, 7) is 2.49. The number of methoxy groups -OCH3 is 1. The first-order chi connectivity index (χ1) is 13.9. The highest BCUT2D eigenvalue weighted by atomic mass is 32.1. The molecule has 1 aromatic carbocycles. The average molecular weight is 423 g/mol. The van der Waals surface area contributed by atoms with Gasteiger partial charge in [-0.1, -0.05) is 12.1 Å². The van der Waals surface area contributed by atoms with E-state index in [1.54, 1.807) is 24.3 Å². The van der Waals surface area contributed by atoms with Crippen LogP contribution in [0.1, 0.15) is 23.7 Å². The molecule has 0 aliphatic carbocycles. The van der Waals surface area contributed by atoms with E-state index in [0.29, 0.717) is 25.2 Å². The van der Waals surface area contributed by atoms with Crippen molar-refractivity contribution in [3.63, 3.8) is 0 Å². The van der Waals surface area contributed by atoms with E-state index in [4.69, 9.17) is 0 Å². The second-order valence-corrected chi connectivity index (χ2v) is 7.28. The molecule has 1 fully saturated rings. The third kappa shape index (κ3) is 6.20. The molecule has 0 saturated carbocycles. The quantitative estimate of drug-likeness (QED) is 0.361. The van der Waals surface area contributed by atoms with Crippen LogP contribution in [-0.4, -0.2) is 73.2 Å². The van der Waals surface area contributed by atoms with Crippen LogP contribution >= 0.6 is 12.6 Å². The summed E-state index contributed by atoms with van der Waals surface area (Å²) in [6.07, 6.45) is 0.472. The third-order valence-corrected chi connectivity index (χ3v) is 4.80. The molecule has 0 bridgehead atoms. The van der Waals surface area contributed by atoms with Crippen LogP contribution < -0.4 is 16.0 Å². The lowest BCUT2D eigenvalue weighted by Crippen LogP contribution is -2.48. The Morgan fingerprint density at radius 3 is 2.62 bits per heavy atom. The lowest BCUT2D eigenvalue weighted by molar-refractivity contribution is -0.121. The van der Waals surface area contributed by atoms with Crippen molar-refractivity contribution in [1.29, 1.82) is 0 Å². The standard InChI is InChI=1S/C19H26N4O5S/c1-3-21-19(27)23-11-12(29)8-15(23)16(24)9-20-10-17(25)22-14-7-5-4-6-13(14)18(26)28-2/h4-7,12,15,20,29H,3,8-11H2,1-2H3,(H,21,27)(H,22,25). The zero-order valence-electron chi connectivity index (χ0n) is 16.4. The number of benzene rings is 1. The maximum absolute atomic E-state index is 12.5. The van der Waals surface area contributed by atoms with Crippen molar-refractivity contribution in [2.45, 2.75) is 24.6 Å². The Hall–Kier alpha value is -2.59. The highest BCUT2D eigenvalue weighted by Gasteiger charge is 2.37. The van der Waals surface area contributed by atoms with E-state index in [9.17, 15) is 19.2 Å². The van der Waals surface area contributed by atoms with E-state index in [1.165, 1.54) is 12.0 Å². The summed E-state index contributed by atoms with van der Waals surface area (Å²) in [5.41, 5.74) is 0.566. The fraction of sp³-hybridized carbons (Fsp3) is 0.474. The molecule has 29 heavy (non-hydrogen) atoms. The number of ether oxygens (including phenoxy) is 1. The zero-order chi connectivity index (χ0) is 21.4. The molecule has 0 radical (unpaired) electrons. The van der Waals surface area contributed by atoms with Gasteiger partial charge in [0, 0.05) is 18.3 Å². The molecule has 158 valence electrons. The van der Waals surface area contributed by atoms with Crippen molar-refractivity contribution < 1.29 is 23.9 Å². The van der Waals surface area contributed by atoms with Gasteiger partial charge < -0.3 is 25.6 Å². The average Bonchev–Trinajstić information content (AvgIpc) is 3.10. The SMILES string of the molecule is CCNC(=O)N1CC(S)CC1C(=O)CNCC(=O)Nc1ccccc1C(=O)OC. The molecule has 0 aromatic heterocycles. The van der Waals surface area contributed by atoms with Crippen LogP contribution in [0.3, 0.4) is 0 Å². The number of carbonyl (C=O) groups excluding carboxylic acids is 4. The van der Waals surface area contributed by atoms with Crippen LogP contribution in [-0.2, 0) is 14.3 Å². The molecule has 10 heteroatoms. The maximum Gasteiger partial charge on any atom is 0.339 e. The minimum atomic E-state index is -0.570. The van der Waals surface area contributed by atoms with Gasteiger partial charge in [-0.15, -0.1) is 0 Å². The van der Waals surface area contributed by atoms with E-state index in [2.05, 4.69) is 33.3 Å². The number of amides is 3.